The lowest BCUT2D eigenvalue weighted by Gasteiger charge is -2.12. The van der Waals surface area contributed by atoms with E-state index in [9.17, 15) is 0 Å². The maximum atomic E-state index is 6.10. The molecule has 0 unspecified atom stereocenters. The van der Waals surface area contributed by atoms with Crippen molar-refractivity contribution in [1.82, 2.24) is 0 Å². The van der Waals surface area contributed by atoms with Gasteiger partial charge >= 0.3 is 0 Å². The number of rotatable bonds is 3. The van der Waals surface area contributed by atoms with Crippen LogP contribution in [0.4, 0.5) is 0 Å². The highest BCUT2D eigenvalue weighted by atomic mass is 16.5. The van der Waals surface area contributed by atoms with Crippen LogP contribution in [-0.4, -0.2) is 12.6 Å². The summed E-state index contributed by atoms with van der Waals surface area (Å²) >= 11 is 0. The summed E-state index contributed by atoms with van der Waals surface area (Å²) in [6.45, 7) is 2.13. The number of nitrogens with two attached hydrogens (primary N) is 1. The summed E-state index contributed by atoms with van der Waals surface area (Å²) < 4.78 is 5.20. The Bertz CT molecular complexity index is 342. The zero-order valence-corrected chi connectivity index (χ0v) is 8.84. The molecule has 0 saturated heterocycles. The molecular formula is C12H17NO. The van der Waals surface area contributed by atoms with Gasteiger partial charge < -0.3 is 10.5 Å². The molecule has 0 aliphatic heterocycles. The molecule has 1 aliphatic rings. The smallest absolute Gasteiger partial charge is 0.119 e. The van der Waals surface area contributed by atoms with Crippen molar-refractivity contribution in [3.63, 3.8) is 0 Å². The summed E-state index contributed by atoms with van der Waals surface area (Å²) in [6, 6.07) is 6.19. The van der Waals surface area contributed by atoms with Gasteiger partial charge in [0.25, 0.3) is 0 Å². The first-order valence-electron chi connectivity index (χ1n) is 5.05. The third-order valence-corrected chi connectivity index (χ3v) is 2.99. The minimum absolute atomic E-state index is 0.0805. The molecule has 2 N–H and O–H groups in total. The van der Waals surface area contributed by atoms with Gasteiger partial charge in [0, 0.05) is 5.54 Å². The van der Waals surface area contributed by atoms with E-state index in [1.165, 1.54) is 11.1 Å². The van der Waals surface area contributed by atoms with Gasteiger partial charge in [-0.2, -0.15) is 0 Å². The summed E-state index contributed by atoms with van der Waals surface area (Å²) in [4.78, 5) is 0. The Labute approximate surface area is 85.1 Å². The number of hydrogen-bond donors (Lipinski definition) is 1. The molecule has 0 aromatic heterocycles. The van der Waals surface area contributed by atoms with Gasteiger partial charge in [0.1, 0.15) is 5.75 Å². The number of benzene rings is 1. The standard InChI is InChI=1S/C12H17NO/c1-9-3-4-11(14-2)7-10(9)8-12(13)5-6-12/h3-4,7H,5-6,8,13H2,1-2H3. The van der Waals surface area contributed by atoms with Crippen molar-refractivity contribution in [3.05, 3.63) is 29.3 Å². The summed E-state index contributed by atoms with van der Waals surface area (Å²) in [5.41, 5.74) is 8.81. The first-order chi connectivity index (χ1) is 6.63. The quantitative estimate of drug-likeness (QED) is 0.793. The Morgan fingerprint density at radius 2 is 2.14 bits per heavy atom. The second-order valence-electron chi connectivity index (χ2n) is 4.33. The monoisotopic (exact) mass is 191 g/mol. The Balaban J connectivity index is 2.22. The Hall–Kier alpha value is -1.02. The zero-order valence-electron chi connectivity index (χ0n) is 8.84. The Morgan fingerprint density at radius 3 is 2.71 bits per heavy atom. The highest BCUT2D eigenvalue weighted by Gasteiger charge is 2.38. The van der Waals surface area contributed by atoms with Gasteiger partial charge in [-0.25, -0.2) is 0 Å². The first-order valence-corrected chi connectivity index (χ1v) is 5.05. The van der Waals surface area contributed by atoms with E-state index in [0.717, 1.165) is 25.0 Å². The van der Waals surface area contributed by atoms with Crippen LogP contribution in [-0.2, 0) is 6.42 Å². The average Bonchev–Trinajstić information content (AvgIpc) is 2.88. The molecule has 2 rings (SSSR count). The number of methoxy groups -OCH3 is 1. The topological polar surface area (TPSA) is 35.2 Å². The van der Waals surface area contributed by atoms with E-state index in [1.54, 1.807) is 7.11 Å². The van der Waals surface area contributed by atoms with E-state index in [1.807, 2.05) is 6.07 Å². The lowest BCUT2D eigenvalue weighted by Crippen LogP contribution is -2.24. The van der Waals surface area contributed by atoms with E-state index >= 15 is 0 Å². The van der Waals surface area contributed by atoms with E-state index in [-0.39, 0.29) is 5.54 Å². The highest BCUT2D eigenvalue weighted by molar-refractivity contribution is 5.36. The van der Waals surface area contributed by atoms with Crippen molar-refractivity contribution in [2.24, 2.45) is 5.73 Å². The maximum Gasteiger partial charge on any atom is 0.119 e. The fourth-order valence-electron chi connectivity index (χ4n) is 1.68. The number of hydrogen-bond acceptors (Lipinski definition) is 2. The van der Waals surface area contributed by atoms with Crippen molar-refractivity contribution >= 4 is 0 Å². The molecular weight excluding hydrogens is 174 g/mol. The van der Waals surface area contributed by atoms with Gasteiger partial charge in [0.05, 0.1) is 7.11 Å². The predicted molar refractivity (Wildman–Crippen MR) is 57.6 cm³/mol. The van der Waals surface area contributed by atoms with Crippen LogP contribution in [0.25, 0.3) is 0 Å². The van der Waals surface area contributed by atoms with Crippen molar-refractivity contribution in [1.29, 1.82) is 0 Å². The Kier molecular flexibility index (Phi) is 2.23. The maximum absolute atomic E-state index is 6.10. The van der Waals surface area contributed by atoms with Crippen LogP contribution in [0.15, 0.2) is 18.2 Å². The van der Waals surface area contributed by atoms with E-state index < -0.39 is 0 Å². The number of ether oxygens (including phenoxy) is 1. The first kappa shape index (κ1) is 9.53. The molecule has 0 amide bonds. The number of aryl methyl sites for hydroxylation is 1. The van der Waals surface area contributed by atoms with Gasteiger partial charge in [-0.15, -0.1) is 0 Å². The normalized spacial score (nSPS) is 17.9. The van der Waals surface area contributed by atoms with Crippen LogP contribution in [0, 0.1) is 6.92 Å². The van der Waals surface area contributed by atoms with Crippen molar-refractivity contribution in [2.45, 2.75) is 31.7 Å². The minimum Gasteiger partial charge on any atom is -0.497 e. The lowest BCUT2D eigenvalue weighted by atomic mass is 10.00. The van der Waals surface area contributed by atoms with Crippen LogP contribution in [0.1, 0.15) is 24.0 Å². The lowest BCUT2D eigenvalue weighted by molar-refractivity contribution is 0.414. The molecule has 0 atom stereocenters. The molecule has 1 fully saturated rings. The summed E-state index contributed by atoms with van der Waals surface area (Å²) in [6.07, 6.45) is 3.29. The van der Waals surface area contributed by atoms with Crippen molar-refractivity contribution in [3.8, 4) is 5.75 Å². The molecule has 0 heterocycles. The third kappa shape index (κ3) is 1.90. The van der Waals surface area contributed by atoms with Crippen LogP contribution >= 0.6 is 0 Å². The van der Waals surface area contributed by atoms with Crippen LogP contribution < -0.4 is 10.5 Å². The molecule has 0 spiro atoms. The fraction of sp³-hybridized carbons (Fsp3) is 0.500. The van der Waals surface area contributed by atoms with Gasteiger partial charge in [-0.3, -0.25) is 0 Å². The second kappa shape index (κ2) is 3.28. The third-order valence-electron chi connectivity index (χ3n) is 2.99. The summed E-state index contributed by atoms with van der Waals surface area (Å²) in [5, 5.41) is 0. The molecule has 0 bridgehead atoms. The Morgan fingerprint density at radius 1 is 1.43 bits per heavy atom. The molecule has 2 nitrogen and oxygen atoms in total. The summed E-state index contributed by atoms with van der Waals surface area (Å²) in [5.74, 6) is 0.926. The molecule has 76 valence electrons. The molecule has 0 radical (unpaired) electrons. The minimum atomic E-state index is 0.0805. The summed E-state index contributed by atoms with van der Waals surface area (Å²) in [7, 11) is 1.70. The van der Waals surface area contributed by atoms with E-state index in [2.05, 4.69) is 19.1 Å². The van der Waals surface area contributed by atoms with Crippen LogP contribution in [0.2, 0.25) is 0 Å². The average molecular weight is 191 g/mol. The van der Waals surface area contributed by atoms with Gasteiger partial charge in [0.2, 0.25) is 0 Å². The van der Waals surface area contributed by atoms with Crippen LogP contribution in [0.3, 0.4) is 0 Å². The van der Waals surface area contributed by atoms with Crippen molar-refractivity contribution < 1.29 is 4.74 Å². The van der Waals surface area contributed by atoms with Gasteiger partial charge in [0.15, 0.2) is 0 Å². The molecule has 1 aliphatic carbocycles. The SMILES string of the molecule is COc1ccc(C)c(CC2(N)CC2)c1. The second-order valence-corrected chi connectivity index (χ2v) is 4.33. The highest BCUT2D eigenvalue weighted by Crippen LogP contribution is 2.36. The van der Waals surface area contributed by atoms with Crippen LogP contribution in [0.5, 0.6) is 5.75 Å². The van der Waals surface area contributed by atoms with Crippen molar-refractivity contribution in [2.75, 3.05) is 7.11 Å². The van der Waals surface area contributed by atoms with E-state index in [4.69, 9.17) is 10.5 Å². The largest absolute Gasteiger partial charge is 0.497 e. The molecule has 1 aromatic rings. The molecule has 2 heteroatoms. The zero-order chi connectivity index (χ0) is 10.2. The predicted octanol–water partition coefficient (Wildman–Crippen LogP) is 2.04. The molecule has 14 heavy (non-hydrogen) atoms. The fourth-order valence-corrected chi connectivity index (χ4v) is 1.68. The molecule has 1 saturated carbocycles. The van der Waals surface area contributed by atoms with Gasteiger partial charge in [-0.05, 0) is 49.4 Å². The van der Waals surface area contributed by atoms with Gasteiger partial charge in [-0.1, -0.05) is 6.07 Å². The molecule has 1 aromatic carbocycles. The van der Waals surface area contributed by atoms with E-state index in [0.29, 0.717) is 0 Å².